The number of amides is 1. The third-order valence-corrected chi connectivity index (χ3v) is 9.79. The molecule has 0 radical (unpaired) electrons. The van der Waals surface area contributed by atoms with E-state index in [9.17, 15) is 32.9 Å². The second-order valence-electron chi connectivity index (χ2n) is 13.1. The van der Waals surface area contributed by atoms with E-state index in [0.717, 1.165) is 16.4 Å². The Labute approximate surface area is 309 Å². The summed E-state index contributed by atoms with van der Waals surface area (Å²) in [5.41, 5.74) is 0.408. The minimum absolute atomic E-state index is 0.0866. The van der Waals surface area contributed by atoms with Crippen molar-refractivity contribution in [3.05, 3.63) is 142 Å². The molecule has 2 atom stereocenters. The molecule has 4 rings (SSSR count). The van der Waals surface area contributed by atoms with E-state index in [-0.39, 0.29) is 32.5 Å². The van der Waals surface area contributed by atoms with E-state index in [4.69, 9.17) is 14.2 Å². The van der Waals surface area contributed by atoms with Gasteiger partial charge >= 0.3 is 18.0 Å². The van der Waals surface area contributed by atoms with Crippen LogP contribution >= 0.6 is 0 Å². The molecule has 0 fully saturated rings. The number of nitro benzene ring substituents is 1. The molecule has 0 aliphatic carbocycles. The standard InChI is InChI=1S/C39H43N3O10S/c1-39(2,3)52-38(45)40-32(36(43)50-27-30-18-9-5-10-19-30)22-15-25-41(53(48,49)35-24-14-13-23-33(35)42(46)47)34(26-29-16-7-4-8-17-29)37(44)51-28-31-20-11-6-12-21-31/h4-14,16-21,23-24,32,34H,15,22,25-28H2,1-3H3,(H,40,45)/t32-,34-/m0/s1. The Morgan fingerprint density at radius 2 is 1.25 bits per heavy atom. The number of sulfonamides is 1. The number of ether oxygens (including phenoxy) is 3. The smallest absolute Gasteiger partial charge is 0.408 e. The maximum absolute atomic E-state index is 14.5. The first-order valence-electron chi connectivity index (χ1n) is 16.9. The second-order valence-corrected chi connectivity index (χ2v) is 14.9. The number of hydrogen-bond donors (Lipinski definition) is 1. The van der Waals surface area contributed by atoms with Gasteiger partial charge in [0, 0.05) is 12.6 Å². The van der Waals surface area contributed by atoms with Gasteiger partial charge in [-0.3, -0.25) is 14.9 Å². The van der Waals surface area contributed by atoms with E-state index in [2.05, 4.69) is 5.32 Å². The molecule has 0 spiro atoms. The van der Waals surface area contributed by atoms with Crippen LogP contribution in [0.25, 0.3) is 0 Å². The van der Waals surface area contributed by atoms with Crippen molar-refractivity contribution in [2.45, 2.75) is 75.8 Å². The fraction of sp³-hybridized carbons (Fsp3) is 0.308. The summed E-state index contributed by atoms with van der Waals surface area (Å²) in [6, 6.07) is 28.5. The topological polar surface area (TPSA) is 171 Å². The lowest BCUT2D eigenvalue weighted by Crippen LogP contribution is -2.48. The van der Waals surface area contributed by atoms with Crippen LogP contribution in [0, 0.1) is 10.1 Å². The van der Waals surface area contributed by atoms with Crippen LogP contribution in [0.5, 0.6) is 0 Å². The fourth-order valence-corrected chi connectivity index (χ4v) is 7.12. The zero-order valence-electron chi connectivity index (χ0n) is 29.8. The van der Waals surface area contributed by atoms with E-state index in [1.165, 1.54) is 12.1 Å². The molecule has 0 bridgehead atoms. The molecular weight excluding hydrogens is 703 g/mol. The Morgan fingerprint density at radius 1 is 0.755 bits per heavy atom. The summed E-state index contributed by atoms with van der Waals surface area (Å²) in [5, 5.41) is 14.5. The summed E-state index contributed by atoms with van der Waals surface area (Å²) in [4.78, 5) is 50.7. The van der Waals surface area contributed by atoms with Crippen molar-refractivity contribution >= 4 is 33.7 Å². The van der Waals surface area contributed by atoms with Gasteiger partial charge in [-0.05, 0) is 62.8 Å². The number of nitrogens with one attached hydrogen (secondary N) is 1. The van der Waals surface area contributed by atoms with Crippen LogP contribution in [0.4, 0.5) is 10.5 Å². The van der Waals surface area contributed by atoms with E-state index in [1.807, 2.05) is 6.07 Å². The van der Waals surface area contributed by atoms with Gasteiger partial charge in [0.25, 0.3) is 15.7 Å². The largest absolute Gasteiger partial charge is 0.460 e. The third kappa shape index (κ3) is 12.3. The highest BCUT2D eigenvalue weighted by Gasteiger charge is 2.40. The van der Waals surface area contributed by atoms with Crippen LogP contribution in [0.2, 0.25) is 0 Å². The van der Waals surface area contributed by atoms with Crippen molar-refractivity contribution in [2.75, 3.05) is 6.54 Å². The number of rotatable bonds is 17. The van der Waals surface area contributed by atoms with E-state index in [0.29, 0.717) is 16.7 Å². The Kier molecular flexibility index (Phi) is 14.2. The molecule has 13 nitrogen and oxygen atoms in total. The third-order valence-electron chi connectivity index (χ3n) is 7.83. The molecule has 53 heavy (non-hydrogen) atoms. The average molecular weight is 746 g/mol. The molecule has 0 aliphatic heterocycles. The number of nitro groups is 1. The van der Waals surface area contributed by atoms with Crippen molar-refractivity contribution < 1.29 is 41.9 Å². The van der Waals surface area contributed by atoms with Crippen LogP contribution in [0.1, 0.15) is 50.3 Å². The maximum atomic E-state index is 14.5. The number of carbonyl (C=O) groups is 3. The number of para-hydroxylation sites is 1. The zero-order chi connectivity index (χ0) is 38.4. The summed E-state index contributed by atoms with van der Waals surface area (Å²) >= 11 is 0. The highest BCUT2D eigenvalue weighted by molar-refractivity contribution is 7.89. The van der Waals surface area contributed by atoms with Crippen LogP contribution in [0.3, 0.4) is 0 Å². The van der Waals surface area contributed by atoms with Gasteiger partial charge in [-0.15, -0.1) is 0 Å². The van der Waals surface area contributed by atoms with Crippen LogP contribution < -0.4 is 5.32 Å². The molecule has 0 aliphatic rings. The molecule has 280 valence electrons. The van der Waals surface area contributed by atoms with Gasteiger partial charge in [-0.2, -0.15) is 4.31 Å². The van der Waals surface area contributed by atoms with Crippen LogP contribution in [-0.2, 0) is 53.5 Å². The molecule has 0 saturated heterocycles. The van der Waals surface area contributed by atoms with Gasteiger partial charge in [0.15, 0.2) is 4.90 Å². The van der Waals surface area contributed by atoms with Crippen molar-refractivity contribution in [3.63, 3.8) is 0 Å². The lowest BCUT2D eigenvalue weighted by atomic mass is 10.1. The molecule has 0 aromatic heterocycles. The molecule has 1 amide bonds. The SMILES string of the molecule is CC(C)(C)OC(=O)N[C@@H](CCCN([C@@H](Cc1ccccc1)C(=O)OCc1ccccc1)S(=O)(=O)c1ccccc1[N+](=O)[O-])C(=O)OCc1ccccc1. The normalized spacial score (nSPS) is 12.7. The number of alkyl carbamates (subject to hydrolysis) is 1. The summed E-state index contributed by atoms with van der Waals surface area (Å²) in [6.45, 7) is 4.33. The van der Waals surface area contributed by atoms with Crippen molar-refractivity contribution in [2.24, 2.45) is 0 Å². The summed E-state index contributed by atoms with van der Waals surface area (Å²) in [6.07, 6.45) is -1.27. The minimum Gasteiger partial charge on any atom is -0.460 e. The molecule has 0 saturated carbocycles. The molecule has 0 heterocycles. The Balaban J connectivity index is 1.68. The monoisotopic (exact) mass is 745 g/mol. The highest BCUT2D eigenvalue weighted by atomic mass is 32.2. The predicted molar refractivity (Wildman–Crippen MR) is 196 cm³/mol. The molecule has 4 aromatic rings. The first-order valence-corrected chi connectivity index (χ1v) is 18.4. The Morgan fingerprint density at radius 3 is 1.77 bits per heavy atom. The summed E-state index contributed by atoms with van der Waals surface area (Å²) in [5.74, 6) is -1.68. The number of benzene rings is 4. The lowest BCUT2D eigenvalue weighted by molar-refractivity contribution is -0.387. The molecule has 0 unspecified atom stereocenters. The molecule has 4 aromatic carbocycles. The average Bonchev–Trinajstić information content (AvgIpc) is 3.13. The summed E-state index contributed by atoms with van der Waals surface area (Å²) in [7, 11) is -4.77. The van der Waals surface area contributed by atoms with Crippen molar-refractivity contribution in [1.82, 2.24) is 9.62 Å². The van der Waals surface area contributed by atoms with E-state index >= 15 is 0 Å². The van der Waals surface area contributed by atoms with Crippen molar-refractivity contribution in [3.8, 4) is 0 Å². The van der Waals surface area contributed by atoms with Gasteiger partial charge in [-0.1, -0.05) is 103 Å². The van der Waals surface area contributed by atoms with Gasteiger partial charge in [0.2, 0.25) is 0 Å². The van der Waals surface area contributed by atoms with Gasteiger partial charge in [0.1, 0.15) is 30.9 Å². The second kappa shape index (κ2) is 18.8. The highest BCUT2D eigenvalue weighted by Crippen LogP contribution is 2.29. The van der Waals surface area contributed by atoms with Crippen molar-refractivity contribution in [1.29, 1.82) is 0 Å². The number of nitrogens with zero attached hydrogens (tertiary/aromatic N) is 2. The maximum Gasteiger partial charge on any atom is 0.408 e. The first-order chi connectivity index (χ1) is 25.2. The van der Waals surface area contributed by atoms with Crippen LogP contribution in [-0.4, -0.2) is 59.9 Å². The molecule has 1 N–H and O–H groups in total. The number of hydrogen-bond acceptors (Lipinski definition) is 10. The van der Waals surface area contributed by atoms with Gasteiger partial charge < -0.3 is 19.5 Å². The lowest BCUT2D eigenvalue weighted by Gasteiger charge is -2.30. The fourth-order valence-electron chi connectivity index (χ4n) is 5.34. The molecular formula is C39H43N3O10S. The number of carbonyl (C=O) groups excluding carboxylic acids is 3. The van der Waals surface area contributed by atoms with Gasteiger partial charge in [0.05, 0.1) is 4.92 Å². The van der Waals surface area contributed by atoms with E-state index in [1.54, 1.807) is 106 Å². The van der Waals surface area contributed by atoms with Crippen LogP contribution in [0.15, 0.2) is 120 Å². The molecule has 14 heteroatoms. The Hall–Kier alpha value is -5.60. The summed E-state index contributed by atoms with van der Waals surface area (Å²) < 4.78 is 46.4. The first kappa shape index (κ1) is 40.2. The number of esters is 2. The minimum atomic E-state index is -4.77. The zero-order valence-corrected chi connectivity index (χ0v) is 30.6. The predicted octanol–water partition coefficient (Wildman–Crippen LogP) is 6.36. The Bertz CT molecular complexity index is 1940. The quantitative estimate of drug-likeness (QED) is 0.0555. The van der Waals surface area contributed by atoms with Gasteiger partial charge in [-0.25, -0.2) is 18.0 Å². The van der Waals surface area contributed by atoms with E-state index < -0.39 is 67.8 Å².